The van der Waals surface area contributed by atoms with Gasteiger partial charge >= 0.3 is 0 Å². The van der Waals surface area contributed by atoms with Crippen LogP contribution >= 0.6 is 0 Å². The Labute approximate surface area is 95.3 Å². The molecular weight excluding hydrogens is 202 g/mol. The zero-order valence-corrected chi connectivity index (χ0v) is 9.23. The molecule has 4 heteroatoms. The molecule has 4 nitrogen and oxygen atoms in total. The molecule has 0 saturated heterocycles. The summed E-state index contributed by atoms with van der Waals surface area (Å²) >= 11 is 0. The van der Waals surface area contributed by atoms with Crippen molar-refractivity contribution in [3.8, 4) is 0 Å². The number of aromatic nitrogens is 1. The maximum Gasteiger partial charge on any atom is 0.227 e. The fourth-order valence-electron chi connectivity index (χ4n) is 2.06. The van der Waals surface area contributed by atoms with Gasteiger partial charge in [0.15, 0.2) is 0 Å². The first-order valence-corrected chi connectivity index (χ1v) is 5.72. The summed E-state index contributed by atoms with van der Waals surface area (Å²) in [7, 11) is 0. The maximum atomic E-state index is 11.9. The van der Waals surface area contributed by atoms with E-state index in [1.54, 1.807) is 12.4 Å². The number of anilines is 1. The van der Waals surface area contributed by atoms with Crippen LogP contribution in [0.15, 0.2) is 24.5 Å². The average molecular weight is 219 g/mol. The van der Waals surface area contributed by atoms with Crippen molar-refractivity contribution in [2.24, 2.45) is 11.7 Å². The molecule has 1 aromatic rings. The summed E-state index contributed by atoms with van der Waals surface area (Å²) in [4.78, 5) is 15.9. The van der Waals surface area contributed by atoms with E-state index in [-0.39, 0.29) is 17.9 Å². The van der Waals surface area contributed by atoms with Crippen LogP contribution in [0.25, 0.3) is 0 Å². The molecule has 16 heavy (non-hydrogen) atoms. The van der Waals surface area contributed by atoms with Gasteiger partial charge in [-0.1, -0.05) is 0 Å². The zero-order valence-electron chi connectivity index (χ0n) is 9.23. The fourth-order valence-corrected chi connectivity index (χ4v) is 2.06. The first-order chi connectivity index (χ1) is 7.75. The fraction of sp³-hybridized carbons (Fsp3) is 0.500. The minimum atomic E-state index is 0.0971. The van der Waals surface area contributed by atoms with Crippen LogP contribution in [0.3, 0.4) is 0 Å². The van der Waals surface area contributed by atoms with E-state index < -0.39 is 0 Å². The van der Waals surface area contributed by atoms with Gasteiger partial charge in [-0.15, -0.1) is 0 Å². The number of carbonyl (C=O) groups is 1. The molecule has 86 valence electrons. The molecule has 0 bridgehead atoms. The van der Waals surface area contributed by atoms with Gasteiger partial charge in [0.25, 0.3) is 0 Å². The second-order valence-electron chi connectivity index (χ2n) is 4.34. The molecule has 0 atom stereocenters. The molecule has 1 aromatic heterocycles. The summed E-state index contributed by atoms with van der Waals surface area (Å²) in [5.74, 6) is 0.208. The third kappa shape index (κ3) is 2.79. The predicted octanol–water partition coefficient (Wildman–Crippen LogP) is 1.54. The minimum absolute atomic E-state index is 0.0971. The highest BCUT2D eigenvalue weighted by atomic mass is 16.1. The Morgan fingerprint density at radius 2 is 2.12 bits per heavy atom. The Morgan fingerprint density at radius 3 is 2.75 bits per heavy atom. The third-order valence-corrected chi connectivity index (χ3v) is 3.07. The van der Waals surface area contributed by atoms with Gasteiger partial charge in [0.05, 0.1) is 11.9 Å². The van der Waals surface area contributed by atoms with Crippen molar-refractivity contribution in [2.75, 3.05) is 5.32 Å². The SMILES string of the molecule is NC1CCC(C(=O)Nc2cccnc2)CC1. The monoisotopic (exact) mass is 219 g/mol. The van der Waals surface area contributed by atoms with Crippen LogP contribution in [0.4, 0.5) is 5.69 Å². The lowest BCUT2D eigenvalue weighted by Gasteiger charge is -2.25. The lowest BCUT2D eigenvalue weighted by Crippen LogP contribution is -2.32. The number of hydrogen-bond acceptors (Lipinski definition) is 3. The van der Waals surface area contributed by atoms with E-state index in [0.717, 1.165) is 31.4 Å². The standard InChI is InChI=1S/C12H17N3O/c13-10-5-3-9(4-6-10)12(16)15-11-2-1-7-14-8-11/h1-2,7-10H,3-6,13H2,(H,15,16). The van der Waals surface area contributed by atoms with E-state index in [0.29, 0.717) is 0 Å². The molecule has 2 rings (SSSR count). The number of pyridine rings is 1. The van der Waals surface area contributed by atoms with Crippen molar-refractivity contribution in [1.82, 2.24) is 4.98 Å². The van der Waals surface area contributed by atoms with Crippen molar-refractivity contribution < 1.29 is 4.79 Å². The van der Waals surface area contributed by atoms with Crippen LogP contribution in [0, 0.1) is 5.92 Å². The number of rotatable bonds is 2. The topological polar surface area (TPSA) is 68.0 Å². The number of nitrogens with zero attached hydrogens (tertiary/aromatic N) is 1. The van der Waals surface area contributed by atoms with Crippen LogP contribution < -0.4 is 11.1 Å². The second-order valence-corrected chi connectivity index (χ2v) is 4.34. The number of nitrogens with one attached hydrogen (secondary N) is 1. The van der Waals surface area contributed by atoms with Gasteiger partial charge < -0.3 is 11.1 Å². The molecule has 1 aliphatic rings. The Hall–Kier alpha value is -1.42. The normalized spacial score (nSPS) is 25.1. The van der Waals surface area contributed by atoms with Gasteiger partial charge in [-0.2, -0.15) is 0 Å². The van der Waals surface area contributed by atoms with Crippen LogP contribution in [0.1, 0.15) is 25.7 Å². The van der Waals surface area contributed by atoms with Crippen molar-refractivity contribution >= 4 is 11.6 Å². The maximum absolute atomic E-state index is 11.9. The van der Waals surface area contributed by atoms with E-state index >= 15 is 0 Å². The number of amides is 1. The largest absolute Gasteiger partial charge is 0.328 e. The molecule has 3 N–H and O–H groups in total. The van der Waals surface area contributed by atoms with Crippen molar-refractivity contribution in [3.63, 3.8) is 0 Å². The van der Waals surface area contributed by atoms with E-state index in [2.05, 4.69) is 10.3 Å². The lowest BCUT2D eigenvalue weighted by molar-refractivity contribution is -0.120. The smallest absolute Gasteiger partial charge is 0.227 e. The van der Waals surface area contributed by atoms with Crippen molar-refractivity contribution in [1.29, 1.82) is 0 Å². The van der Waals surface area contributed by atoms with E-state index in [1.807, 2.05) is 12.1 Å². The summed E-state index contributed by atoms with van der Waals surface area (Å²) in [6.45, 7) is 0. The molecular formula is C12H17N3O. The summed E-state index contributed by atoms with van der Waals surface area (Å²) in [5.41, 5.74) is 6.57. The van der Waals surface area contributed by atoms with Crippen LogP contribution in [0.2, 0.25) is 0 Å². The minimum Gasteiger partial charge on any atom is -0.328 e. The highest BCUT2D eigenvalue weighted by molar-refractivity contribution is 5.92. The first-order valence-electron chi connectivity index (χ1n) is 5.72. The van der Waals surface area contributed by atoms with Gasteiger partial charge in [-0.25, -0.2) is 0 Å². The number of nitrogens with two attached hydrogens (primary N) is 1. The zero-order chi connectivity index (χ0) is 11.4. The molecule has 1 aliphatic carbocycles. The van der Waals surface area contributed by atoms with E-state index in [1.165, 1.54) is 0 Å². The van der Waals surface area contributed by atoms with Gasteiger partial charge in [-0.3, -0.25) is 9.78 Å². The first kappa shape index (κ1) is 11.1. The van der Waals surface area contributed by atoms with Crippen molar-refractivity contribution in [2.45, 2.75) is 31.7 Å². The van der Waals surface area contributed by atoms with E-state index in [9.17, 15) is 4.79 Å². The molecule has 0 spiro atoms. The Balaban J connectivity index is 1.89. The number of carbonyl (C=O) groups excluding carboxylic acids is 1. The Morgan fingerprint density at radius 1 is 1.38 bits per heavy atom. The lowest BCUT2D eigenvalue weighted by atomic mass is 9.86. The quantitative estimate of drug-likeness (QED) is 0.792. The van der Waals surface area contributed by atoms with Crippen LogP contribution in [0.5, 0.6) is 0 Å². The Kier molecular flexibility index (Phi) is 3.51. The highest BCUT2D eigenvalue weighted by Crippen LogP contribution is 2.24. The summed E-state index contributed by atoms with van der Waals surface area (Å²) in [6, 6.07) is 3.94. The molecule has 0 unspecified atom stereocenters. The van der Waals surface area contributed by atoms with Gasteiger partial charge in [0.1, 0.15) is 0 Å². The van der Waals surface area contributed by atoms with Gasteiger partial charge in [0.2, 0.25) is 5.91 Å². The second kappa shape index (κ2) is 5.07. The van der Waals surface area contributed by atoms with Gasteiger partial charge in [-0.05, 0) is 37.8 Å². The molecule has 0 aromatic carbocycles. The molecule has 1 heterocycles. The molecule has 0 aliphatic heterocycles. The Bertz CT molecular complexity index is 345. The molecule has 0 radical (unpaired) electrons. The summed E-state index contributed by atoms with van der Waals surface area (Å²) in [6.07, 6.45) is 7.04. The average Bonchev–Trinajstić information content (AvgIpc) is 2.31. The third-order valence-electron chi connectivity index (χ3n) is 3.07. The predicted molar refractivity (Wildman–Crippen MR) is 62.8 cm³/mol. The van der Waals surface area contributed by atoms with Gasteiger partial charge in [0, 0.05) is 18.2 Å². The molecule has 1 amide bonds. The number of hydrogen-bond donors (Lipinski definition) is 2. The molecule has 1 saturated carbocycles. The van der Waals surface area contributed by atoms with Crippen molar-refractivity contribution in [3.05, 3.63) is 24.5 Å². The van der Waals surface area contributed by atoms with Crippen LogP contribution in [-0.2, 0) is 4.79 Å². The summed E-state index contributed by atoms with van der Waals surface area (Å²) < 4.78 is 0. The highest BCUT2D eigenvalue weighted by Gasteiger charge is 2.24. The molecule has 1 fully saturated rings. The van der Waals surface area contributed by atoms with Crippen LogP contribution in [-0.4, -0.2) is 16.9 Å². The van der Waals surface area contributed by atoms with E-state index in [4.69, 9.17) is 5.73 Å². The summed E-state index contributed by atoms with van der Waals surface area (Å²) in [5, 5.41) is 2.88.